The number of H-pyrrole nitrogens is 1. The van der Waals surface area contributed by atoms with Gasteiger partial charge in [-0.1, -0.05) is 31.5 Å². The molecule has 0 fully saturated rings. The van der Waals surface area contributed by atoms with Gasteiger partial charge >= 0.3 is 0 Å². The lowest BCUT2D eigenvalue weighted by atomic mass is 10.1. The van der Waals surface area contributed by atoms with Crippen molar-refractivity contribution in [3.63, 3.8) is 0 Å². The second kappa shape index (κ2) is 9.02. The first-order chi connectivity index (χ1) is 13.2. The lowest BCUT2D eigenvalue weighted by Gasteiger charge is -2.16. The summed E-state index contributed by atoms with van der Waals surface area (Å²) in [5.74, 6) is 1.39. The van der Waals surface area contributed by atoms with E-state index in [1.165, 1.54) is 12.8 Å². The number of nitrogens with one attached hydrogen (secondary N) is 1. The van der Waals surface area contributed by atoms with Gasteiger partial charge in [0.1, 0.15) is 11.5 Å². The van der Waals surface area contributed by atoms with Crippen LogP contribution >= 0.6 is 0 Å². The number of hydrogen-bond acceptors (Lipinski definition) is 4. The molecule has 3 rings (SSSR count). The van der Waals surface area contributed by atoms with E-state index in [1.807, 2.05) is 42.6 Å². The minimum atomic E-state index is 0.583. The molecule has 2 aromatic carbocycles. The molecule has 1 aromatic heterocycles. The summed E-state index contributed by atoms with van der Waals surface area (Å²) in [6.45, 7) is 4.12. The van der Waals surface area contributed by atoms with Crippen molar-refractivity contribution in [2.45, 2.75) is 26.3 Å². The number of benzene rings is 2. The molecule has 1 heterocycles. The predicted octanol–water partition coefficient (Wildman–Crippen LogP) is 4.97. The Morgan fingerprint density at radius 1 is 1.15 bits per heavy atom. The third kappa shape index (κ3) is 4.96. The summed E-state index contributed by atoms with van der Waals surface area (Å²) in [4.78, 5) is 2.31. The van der Waals surface area contributed by atoms with Crippen LogP contribution in [0.5, 0.6) is 11.5 Å². The van der Waals surface area contributed by atoms with E-state index in [-0.39, 0.29) is 0 Å². The lowest BCUT2D eigenvalue weighted by Crippen LogP contribution is -2.19. The van der Waals surface area contributed by atoms with Crippen LogP contribution in [-0.2, 0) is 6.54 Å². The Bertz CT molecular complexity index is 909. The molecule has 0 saturated carbocycles. The van der Waals surface area contributed by atoms with Gasteiger partial charge in [0.15, 0.2) is 0 Å². The number of unbranched alkanes of at least 4 members (excludes halogenated alkanes) is 1. The van der Waals surface area contributed by atoms with Gasteiger partial charge in [-0.3, -0.25) is 5.10 Å². The summed E-state index contributed by atoms with van der Waals surface area (Å²) < 4.78 is 5.85. The standard InChI is InChI=1S/C22H24N4O/c1-3-4-12-26(2)16-22-21(15-24-25-22)18-8-10-19(11-9-18)27-20-7-5-6-17(13-20)14-23/h5-11,13,15H,3-4,12,16H2,1-2H3,(H,24,25). The second-order valence-electron chi connectivity index (χ2n) is 6.62. The quantitative estimate of drug-likeness (QED) is 0.616. The molecule has 27 heavy (non-hydrogen) atoms. The van der Waals surface area contributed by atoms with Crippen LogP contribution in [0.3, 0.4) is 0 Å². The summed E-state index contributed by atoms with van der Waals surface area (Å²) in [5, 5.41) is 16.3. The summed E-state index contributed by atoms with van der Waals surface area (Å²) in [6.07, 6.45) is 4.26. The SMILES string of the molecule is CCCCN(C)Cc1[nH]ncc1-c1ccc(Oc2cccc(C#N)c2)cc1. The van der Waals surface area contributed by atoms with Crippen LogP contribution in [0.2, 0.25) is 0 Å². The van der Waals surface area contributed by atoms with E-state index in [0.29, 0.717) is 11.3 Å². The van der Waals surface area contributed by atoms with E-state index in [2.05, 4.69) is 35.1 Å². The first-order valence-corrected chi connectivity index (χ1v) is 9.19. The number of nitriles is 1. The van der Waals surface area contributed by atoms with Crippen molar-refractivity contribution in [1.29, 1.82) is 5.26 Å². The first kappa shape index (κ1) is 18.7. The number of nitrogens with zero attached hydrogens (tertiary/aromatic N) is 3. The molecule has 0 bridgehead atoms. The van der Waals surface area contributed by atoms with Gasteiger partial charge in [0, 0.05) is 12.1 Å². The highest BCUT2D eigenvalue weighted by molar-refractivity contribution is 5.66. The second-order valence-corrected chi connectivity index (χ2v) is 6.62. The monoisotopic (exact) mass is 360 g/mol. The van der Waals surface area contributed by atoms with Crippen molar-refractivity contribution in [3.05, 3.63) is 66.0 Å². The highest BCUT2D eigenvalue weighted by Crippen LogP contribution is 2.28. The van der Waals surface area contributed by atoms with E-state index < -0.39 is 0 Å². The van der Waals surface area contributed by atoms with Gasteiger partial charge in [-0.25, -0.2) is 0 Å². The van der Waals surface area contributed by atoms with Crippen molar-refractivity contribution in [3.8, 4) is 28.7 Å². The third-order valence-electron chi connectivity index (χ3n) is 4.40. The maximum atomic E-state index is 8.99. The molecule has 1 N–H and O–H groups in total. The smallest absolute Gasteiger partial charge is 0.128 e. The van der Waals surface area contributed by atoms with Gasteiger partial charge < -0.3 is 9.64 Å². The van der Waals surface area contributed by atoms with E-state index in [4.69, 9.17) is 10.00 Å². The fourth-order valence-electron chi connectivity index (χ4n) is 2.93. The Labute approximate surface area is 160 Å². The third-order valence-corrected chi connectivity index (χ3v) is 4.40. The van der Waals surface area contributed by atoms with Crippen LogP contribution < -0.4 is 4.74 Å². The average Bonchev–Trinajstić information content (AvgIpc) is 3.15. The van der Waals surface area contributed by atoms with E-state index in [0.717, 1.165) is 35.7 Å². The van der Waals surface area contributed by atoms with Crippen molar-refractivity contribution in [2.24, 2.45) is 0 Å². The maximum absolute atomic E-state index is 8.99. The zero-order chi connectivity index (χ0) is 19.1. The molecule has 3 aromatic rings. The van der Waals surface area contributed by atoms with Crippen LogP contribution in [0.25, 0.3) is 11.1 Å². The van der Waals surface area contributed by atoms with Crippen molar-refractivity contribution in [2.75, 3.05) is 13.6 Å². The van der Waals surface area contributed by atoms with Crippen LogP contribution in [0.1, 0.15) is 31.0 Å². The Kier molecular flexibility index (Phi) is 6.24. The summed E-state index contributed by atoms with van der Waals surface area (Å²) in [5.41, 5.74) is 3.90. The Balaban J connectivity index is 1.71. The molecule has 5 heteroatoms. The molecule has 5 nitrogen and oxygen atoms in total. The summed E-state index contributed by atoms with van der Waals surface area (Å²) >= 11 is 0. The van der Waals surface area contributed by atoms with E-state index in [9.17, 15) is 0 Å². The topological polar surface area (TPSA) is 64.9 Å². The first-order valence-electron chi connectivity index (χ1n) is 9.19. The van der Waals surface area contributed by atoms with Crippen LogP contribution in [0, 0.1) is 11.3 Å². The minimum Gasteiger partial charge on any atom is -0.457 e. The lowest BCUT2D eigenvalue weighted by molar-refractivity contribution is 0.317. The maximum Gasteiger partial charge on any atom is 0.128 e. The number of hydrogen-bond donors (Lipinski definition) is 1. The summed E-state index contributed by atoms with van der Waals surface area (Å²) in [7, 11) is 2.13. The zero-order valence-electron chi connectivity index (χ0n) is 15.8. The van der Waals surface area contributed by atoms with Gasteiger partial charge in [-0.15, -0.1) is 0 Å². The molecular formula is C22H24N4O. The fourth-order valence-corrected chi connectivity index (χ4v) is 2.93. The molecule has 0 aliphatic rings. The molecule has 0 atom stereocenters. The number of aromatic nitrogens is 2. The molecule has 0 aliphatic heterocycles. The molecule has 0 aliphatic carbocycles. The van der Waals surface area contributed by atoms with Gasteiger partial charge in [-0.05, 0) is 55.9 Å². The van der Waals surface area contributed by atoms with Gasteiger partial charge in [0.2, 0.25) is 0 Å². The predicted molar refractivity (Wildman–Crippen MR) is 106 cm³/mol. The molecular weight excluding hydrogens is 336 g/mol. The van der Waals surface area contributed by atoms with E-state index in [1.54, 1.807) is 12.1 Å². The Morgan fingerprint density at radius 3 is 2.70 bits per heavy atom. The molecule has 0 unspecified atom stereocenters. The van der Waals surface area contributed by atoms with Crippen LogP contribution in [-0.4, -0.2) is 28.7 Å². The average molecular weight is 360 g/mol. The highest BCUT2D eigenvalue weighted by atomic mass is 16.5. The highest BCUT2D eigenvalue weighted by Gasteiger charge is 2.10. The van der Waals surface area contributed by atoms with Crippen LogP contribution in [0.4, 0.5) is 0 Å². The molecule has 0 saturated heterocycles. The minimum absolute atomic E-state index is 0.583. The van der Waals surface area contributed by atoms with E-state index >= 15 is 0 Å². The zero-order valence-corrected chi connectivity index (χ0v) is 15.8. The van der Waals surface area contributed by atoms with Gasteiger partial charge in [0.25, 0.3) is 0 Å². The molecule has 0 radical (unpaired) electrons. The van der Waals surface area contributed by atoms with Crippen molar-refractivity contribution in [1.82, 2.24) is 15.1 Å². The molecule has 138 valence electrons. The van der Waals surface area contributed by atoms with Gasteiger partial charge in [0.05, 0.1) is 23.5 Å². The van der Waals surface area contributed by atoms with Crippen molar-refractivity contribution < 1.29 is 4.74 Å². The fraction of sp³-hybridized carbons (Fsp3) is 0.273. The molecule has 0 amide bonds. The Morgan fingerprint density at radius 2 is 1.96 bits per heavy atom. The van der Waals surface area contributed by atoms with Crippen LogP contribution in [0.15, 0.2) is 54.7 Å². The largest absolute Gasteiger partial charge is 0.457 e. The van der Waals surface area contributed by atoms with Gasteiger partial charge in [-0.2, -0.15) is 10.4 Å². The van der Waals surface area contributed by atoms with Crippen molar-refractivity contribution >= 4 is 0 Å². The Hall–Kier alpha value is -3.10. The normalized spacial score (nSPS) is 10.7. The number of ether oxygens (including phenoxy) is 1. The molecule has 0 spiro atoms. The number of aromatic amines is 1. The summed E-state index contributed by atoms with van der Waals surface area (Å²) in [6, 6.07) is 17.2. The number of rotatable bonds is 8.